The Balaban J connectivity index is 2.88. The summed E-state index contributed by atoms with van der Waals surface area (Å²) < 4.78 is 36.0. The van der Waals surface area contributed by atoms with Crippen molar-refractivity contribution in [3.8, 4) is 11.8 Å². The van der Waals surface area contributed by atoms with Crippen LogP contribution in [0.5, 0.6) is 0 Å². The highest BCUT2D eigenvalue weighted by atomic mass is 35.5. The number of halogens is 4. The first kappa shape index (κ1) is 11.7. The summed E-state index contributed by atoms with van der Waals surface area (Å²) in [4.78, 5) is 0. The second-order valence-corrected chi connectivity index (χ2v) is 3.17. The minimum atomic E-state index is -4.47. The smallest absolute Gasteiger partial charge is 0.165 e. The molecule has 1 rings (SSSR count). The van der Waals surface area contributed by atoms with Gasteiger partial charge in [0, 0.05) is 10.6 Å². The average molecular weight is 231 g/mol. The predicted molar refractivity (Wildman–Crippen MR) is 53.5 cm³/mol. The van der Waals surface area contributed by atoms with E-state index in [2.05, 4.69) is 12.5 Å². The van der Waals surface area contributed by atoms with Gasteiger partial charge in [0.25, 0.3) is 0 Å². The van der Waals surface area contributed by atoms with Crippen molar-refractivity contribution in [3.63, 3.8) is 0 Å². The Morgan fingerprint density at radius 2 is 2.00 bits per heavy atom. The monoisotopic (exact) mass is 230 g/mol. The van der Waals surface area contributed by atoms with Gasteiger partial charge in [0.05, 0.1) is 5.57 Å². The van der Waals surface area contributed by atoms with Gasteiger partial charge in [-0.3, -0.25) is 0 Å². The van der Waals surface area contributed by atoms with Crippen molar-refractivity contribution >= 4 is 11.6 Å². The van der Waals surface area contributed by atoms with Crippen LogP contribution in [0.3, 0.4) is 0 Å². The van der Waals surface area contributed by atoms with E-state index in [1.807, 2.05) is 5.92 Å². The van der Waals surface area contributed by atoms with Crippen molar-refractivity contribution in [1.82, 2.24) is 0 Å². The largest absolute Gasteiger partial charge is 0.423 e. The molecule has 0 radical (unpaired) electrons. The molecule has 78 valence electrons. The molecule has 0 nitrogen and oxygen atoms in total. The van der Waals surface area contributed by atoms with Gasteiger partial charge >= 0.3 is 6.18 Å². The van der Waals surface area contributed by atoms with Crippen LogP contribution in [0.4, 0.5) is 13.2 Å². The summed E-state index contributed by atoms with van der Waals surface area (Å²) in [6, 6.07) is 6.29. The summed E-state index contributed by atoms with van der Waals surface area (Å²) in [5.74, 6) is 4.28. The number of alkyl halides is 3. The van der Waals surface area contributed by atoms with Crippen molar-refractivity contribution in [2.24, 2.45) is 0 Å². The van der Waals surface area contributed by atoms with Gasteiger partial charge in [-0.2, -0.15) is 13.2 Å². The molecule has 0 spiro atoms. The van der Waals surface area contributed by atoms with Crippen LogP contribution < -0.4 is 0 Å². The molecule has 0 N–H and O–H groups in total. The molecule has 0 aliphatic rings. The summed E-state index contributed by atoms with van der Waals surface area (Å²) in [6.45, 7) is 2.83. The molecule has 0 fully saturated rings. The maximum absolute atomic E-state index is 12.0. The standard InChI is InChI=1S/C11H6ClF3/c1-8(11(13,14)15)5-6-9-3-2-4-10(12)7-9/h2-4,7H,1H2. The minimum absolute atomic E-state index is 0.424. The van der Waals surface area contributed by atoms with Crippen LogP contribution >= 0.6 is 11.6 Å². The molecule has 1 aromatic rings. The number of benzene rings is 1. The van der Waals surface area contributed by atoms with Gasteiger partial charge in [-0.25, -0.2) is 0 Å². The third-order valence-corrected chi connectivity index (χ3v) is 1.76. The van der Waals surface area contributed by atoms with E-state index in [-0.39, 0.29) is 0 Å². The van der Waals surface area contributed by atoms with Gasteiger partial charge in [-0.1, -0.05) is 36.1 Å². The Morgan fingerprint density at radius 3 is 2.53 bits per heavy atom. The summed E-state index contributed by atoms with van der Waals surface area (Å²) in [6.07, 6.45) is -4.47. The molecule has 0 saturated heterocycles. The minimum Gasteiger partial charge on any atom is -0.165 e. The van der Waals surface area contributed by atoms with Crippen LogP contribution in [0.15, 0.2) is 36.4 Å². The van der Waals surface area contributed by atoms with Gasteiger partial charge in [-0.15, -0.1) is 0 Å². The van der Waals surface area contributed by atoms with Crippen LogP contribution in [0, 0.1) is 11.8 Å². The van der Waals surface area contributed by atoms with E-state index < -0.39 is 11.7 Å². The van der Waals surface area contributed by atoms with E-state index in [1.54, 1.807) is 18.2 Å². The number of rotatable bonds is 0. The quantitative estimate of drug-likeness (QED) is 0.595. The van der Waals surface area contributed by atoms with Crippen molar-refractivity contribution in [2.75, 3.05) is 0 Å². The summed E-state index contributed by atoms with van der Waals surface area (Å²) in [7, 11) is 0. The molecule has 4 heteroatoms. The van der Waals surface area contributed by atoms with Gasteiger partial charge in [0.15, 0.2) is 0 Å². The maximum Gasteiger partial charge on any atom is 0.423 e. The number of allylic oxidation sites excluding steroid dienone is 1. The SMILES string of the molecule is C=C(C#Cc1cccc(Cl)c1)C(F)(F)F. The van der Waals surface area contributed by atoms with Crippen molar-refractivity contribution < 1.29 is 13.2 Å². The average Bonchev–Trinajstić information content (AvgIpc) is 2.12. The molecule has 0 atom stereocenters. The number of hydrogen-bond donors (Lipinski definition) is 0. The summed E-state index contributed by atoms with van der Waals surface area (Å²) >= 11 is 5.64. The first-order valence-electron chi connectivity index (χ1n) is 3.93. The summed E-state index contributed by atoms with van der Waals surface area (Å²) in [5, 5.41) is 0.430. The zero-order valence-corrected chi connectivity index (χ0v) is 8.28. The fourth-order valence-electron chi connectivity index (χ4n) is 0.785. The first-order chi connectivity index (χ1) is 6.89. The lowest BCUT2D eigenvalue weighted by molar-refractivity contribution is -0.0868. The van der Waals surface area contributed by atoms with E-state index in [1.165, 1.54) is 6.07 Å². The Bertz CT molecular complexity index is 435. The molecule has 0 heterocycles. The lowest BCUT2D eigenvalue weighted by Gasteiger charge is -2.01. The third kappa shape index (κ3) is 3.69. The van der Waals surface area contributed by atoms with Gasteiger partial charge in [-0.05, 0) is 18.2 Å². The Labute approximate surface area is 90.4 Å². The molecule has 0 saturated carbocycles. The number of hydrogen-bond acceptors (Lipinski definition) is 0. The maximum atomic E-state index is 12.0. The van der Waals surface area contributed by atoms with Gasteiger partial charge < -0.3 is 0 Å². The van der Waals surface area contributed by atoms with E-state index in [4.69, 9.17) is 11.6 Å². The van der Waals surface area contributed by atoms with E-state index >= 15 is 0 Å². The zero-order chi connectivity index (χ0) is 11.5. The van der Waals surface area contributed by atoms with E-state index in [9.17, 15) is 13.2 Å². The van der Waals surface area contributed by atoms with Crippen LogP contribution in [0.25, 0.3) is 0 Å². The molecule has 0 amide bonds. The lowest BCUT2D eigenvalue weighted by atomic mass is 10.2. The second-order valence-electron chi connectivity index (χ2n) is 2.74. The van der Waals surface area contributed by atoms with Crippen molar-refractivity contribution in [3.05, 3.63) is 47.0 Å². The zero-order valence-electron chi connectivity index (χ0n) is 7.53. The molecule has 0 aliphatic carbocycles. The van der Waals surface area contributed by atoms with Crippen LogP contribution in [-0.4, -0.2) is 6.18 Å². The van der Waals surface area contributed by atoms with Crippen molar-refractivity contribution in [2.45, 2.75) is 6.18 Å². The first-order valence-corrected chi connectivity index (χ1v) is 4.31. The molecule has 0 unspecified atom stereocenters. The second kappa shape index (κ2) is 4.41. The van der Waals surface area contributed by atoms with E-state index in [0.717, 1.165) is 0 Å². The topological polar surface area (TPSA) is 0 Å². The predicted octanol–water partition coefficient (Wildman–Crippen LogP) is 3.81. The van der Waals surface area contributed by atoms with Gasteiger partial charge in [0.1, 0.15) is 0 Å². The fourth-order valence-corrected chi connectivity index (χ4v) is 0.975. The van der Waals surface area contributed by atoms with Crippen LogP contribution in [-0.2, 0) is 0 Å². The normalized spacial score (nSPS) is 10.4. The molecule has 1 aromatic carbocycles. The highest BCUT2D eigenvalue weighted by Gasteiger charge is 2.30. The molecule has 0 bridgehead atoms. The molecule has 15 heavy (non-hydrogen) atoms. The van der Waals surface area contributed by atoms with E-state index in [0.29, 0.717) is 10.6 Å². The summed E-state index contributed by atoms with van der Waals surface area (Å²) in [5.41, 5.74) is -0.643. The molecule has 0 aliphatic heterocycles. The van der Waals surface area contributed by atoms with Crippen LogP contribution in [0.1, 0.15) is 5.56 Å². The molecular weight excluding hydrogens is 225 g/mol. The molecular formula is C11H6ClF3. The highest BCUT2D eigenvalue weighted by Crippen LogP contribution is 2.23. The van der Waals surface area contributed by atoms with Crippen LogP contribution in [0.2, 0.25) is 5.02 Å². The van der Waals surface area contributed by atoms with Crippen molar-refractivity contribution in [1.29, 1.82) is 0 Å². The highest BCUT2D eigenvalue weighted by molar-refractivity contribution is 6.30. The Morgan fingerprint density at radius 1 is 1.33 bits per heavy atom. The third-order valence-electron chi connectivity index (χ3n) is 1.52. The van der Waals surface area contributed by atoms with Gasteiger partial charge in [0.2, 0.25) is 0 Å². The molecule has 0 aromatic heterocycles. The Kier molecular flexibility index (Phi) is 3.43. The fraction of sp³-hybridized carbons (Fsp3) is 0.0909. The Hall–Kier alpha value is -1.40. The lowest BCUT2D eigenvalue weighted by Crippen LogP contribution is -2.08.